The Balaban J connectivity index is -0.000000240. The summed E-state index contributed by atoms with van der Waals surface area (Å²) in [5.74, 6) is 0.654. The van der Waals surface area contributed by atoms with E-state index in [-0.39, 0.29) is 53.7 Å². The number of rotatable bonds is 7. The molecule has 0 fully saturated rings. The van der Waals surface area contributed by atoms with E-state index in [0.29, 0.717) is 12.0 Å². The van der Waals surface area contributed by atoms with E-state index in [9.17, 15) is 0 Å². The van der Waals surface area contributed by atoms with E-state index in [0.717, 1.165) is 19.4 Å². The zero-order chi connectivity index (χ0) is 10.3. The Morgan fingerprint density at radius 2 is 1.44 bits per heavy atom. The van der Waals surface area contributed by atoms with Crippen molar-refractivity contribution in [1.82, 2.24) is 0 Å². The summed E-state index contributed by atoms with van der Waals surface area (Å²) in [7, 11) is 0. The van der Waals surface area contributed by atoms with Crippen LogP contribution in [-0.2, 0) is 32.7 Å². The van der Waals surface area contributed by atoms with Gasteiger partial charge in [0, 0.05) is 32.7 Å². The van der Waals surface area contributed by atoms with Gasteiger partial charge in [0.05, 0.1) is 0 Å². The molecule has 0 aromatic rings. The molecule has 0 aromatic carbocycles. The second-order valence-corrected chi connectivity index (χ2v) is 4.05. The molecule has 0 heterocycles. The molecule has 0 aromatic heterocycles. The number of nitrogens with zero attached hydrogens (tertiary/aromatic N) is 2. The van der Waals surface area contributed by atoms with Gasteiger partial charge in [-0.1, -0.05) is 53.4 Å². The van der Waals surface area contributed by atoms with Crippen LogP contribution in [0, 0.1) is 20.8 Å². The van der Waals surface area contributed by atoms with Crippen LogP contribution in [0.1, 0.15) is 47.5 Å². The standard InChI is InChI=1S/C11H24N2.2CH3.Y/c1-6-10(5)13-11(7-2)12-8-9(3)4;;;/h9-11H,6-8H2,1-5H3;2*1H3;/q-2;2*-1;. The fourth-order valence-corrected chi connectivity index (χ4v) is 1.01. The summed E-state index contributed by atoms with van der Waals surface area (Å²) >= 11 is 0. The monoisotopic (exact) mass is 303 g/mol. The van der Waals surface area contributed by atoms with Gasteiger partial charge in [0.25, 0.3) is 0 Å². The van der Waals surface area contributed by atoms with Gasteiger partial charge in [0.2, 0.25) is 0 Å². The Bertz CT molecular complexity index is 119. The molecule has 0 aliphatic heterocycles. The molecule has 16 heavy (non-hydrogen) atoms. The summed E-state index contributed by atoms with van der Waals surface area (Å²) in [5.41, 5.74) is 0. The minimum Gasteiger partial charge on any atom is -0.678 e. The summed E-state index contributed by atoms with van der Waals surface area (Å²) in [4.78, 5) is 0. The van der Waals surface area contributed by atoms with Gasteiger partial charge in [-0.3, -0.25) is 0 Å². The van der Waals surface area contributed by atoms with Crippen molar-refractivity contribution in [3.63, 3.8) is 0 Å². The van der Waals surface area contributed by atoms with Gasteiger partial charge in [0.15, 0.2) is 0 Å². The first kappa shape index (κ1) is 25.8. The van der Waals surface area contributed by atoms with E-state index in [2.05, 4.69) is 45.3 Å². The zero-order valence-electron chi connectivity index (χ0n) is 12.3. The fourth-order valence-electron chi connectivity index (χ4n) is 1.01. The van der Waals surface area contributed by atoms with Crippen LogP contribution in [0.4, 0.5) is 0 Å². The van der Waals surface area contributed by atoms with Gasteiger partial charge in [-0.15, -0.1) is 12.6 Å². The largest absolute Gasteiger partial charge is 0.678 e. The second kappa shape index (κ2) is 16.0. The maximum Gasteiger partial charge on any atom is 0 e. The van der Waals surface area contributed by atoms with E-state index in [1.165, 1.54) is 0 Å². The van der Waals surface area contributed by atoms with Crippen molar-refractivity contribution in [2.24, 2.45) is 5.92 Å². The van der Waals surface area contributed by atoms with Gasteiger partial charge in [-0.05, 0) is 0 Å². The molecule has 0 amide bonds. The molecular weight excluding hydrogens is 273 g/mol. The van der Waals surface area contributed by atoms with Crippen LogP contribution in [0.25, 0.3) is 10.6 Å². The topological polar surface area (TPSA) is 28.2 Å². The molecule has 2 atom stereocenters. The Kier molecular flexibility index (Phi) is 25.8. The molecule has 2 unspecified atom stereocenters. The minimum atomic E-state index is 0. The third kappa shape index (κ3) is 15.0. The van der Waals surface area contributed by atoms with Crippen molar-refractivity contribution >= 4 is 0 Å². The molecule has 0 aliphatic carbocycles. The SMILES string of the molecule is CCC(C)[N-]C(CC)[N-]CC(C)C.[CH3-].[CH3-].[Y]. The van der Waals surface area contributed by atoms with Crippen LogP contribution in [0.5, 0.6) is 0 Å². The molecule has 2 nitrogen and oxygen atoms in total. The van der Waals surface area contributed by atoms with E-state index in [1.807, 2.05) is 0 Å². The molecule has 99 valence electrons. The van der Waals surface area contributed by atoms with Crippen molar-refractivity contribution in [2.75, 3.05) is 6.54 Å². The molecule has 0 bridgehead atoms. The third-order valence-corrected chi connectivity index (χ3v) is 2.06. The van der Waals surface area contributed by atoms with Gasteiger partial charge in [-0.2, -0.15) is 0 Å². The summed E-state index contributed by atoms with van der Waals surface area (Å²) in [6.07, 6.45) is 2.39. The van der Waals surface area contributed by atoms with Gasteiger partial charge >= 0.3 is 0 Å². The zero-order valence-corrected chi connectivity index (χ0v) is 15.2. The molecular formula is C13H30N2Y-4. The average Bonchev–Trinajstić information content (AvgIpc) is 2.11. The number of hydrogen-bond donors (Lipinski definition) is 0. The van der Waals surface area contributed by atoms with Gasteiger partial charge < -0.3 is 25.5 Å². The molecule has 0 N–H and O–H groups in total. The summed E-state index contributed by atoms with van der Waals surface area (Å²) in [6.45, 7) is 11.8. The molecule has 0 rings (SSSR count). The first-order valence-electron chi connectivity index (χ1n) is 5.46. The van der Waals surface area contributed by atoms with Crippen LogP contribution in [-0.4, -0.2) is 18.8 Å². The van der Waals surface area contributed by atoms with E-state index in [1.54, 1.807) is 0 Å². The van der Waals surface area contributed by atoms with Crippen molar-refractivity contribution in [1.29, 1.82) is 0 Å². The minimum absolute atomic E-state index is 0. The maximum absolute atomic E-state index is 4.62. The van der Waals surface area contributed by atoms with E-state index >= 15 is 0 Å². The molecule has 0 spiro atoms. The van der Waals surface area contributed by atoms with Crippen molar-refractivity contribution in [3.8, 4) is 0 Å². The Morgan fingerprint density at radius 1 is 0.938 bits per heavy atom. The summed E-state index contributed by atoms with van der Waals surface area (Å²) in [6, 6.07) is 0.459. The average molecular weight is 303 g/mol. The molecule has 3 heteroatoms. The predicted molar refractivity (Wildman–Crippen MR) is 73.1 cm³/mol. The fraction of sp³-hybridized carbons (Fsp3) is 0.846. The quantitative estimate of drug-likeness (QED) is 0.603. The van der Waals surface area contributed by atoms with Gasteiger partial charge in [-0.25, -0.2) is 6.17 Å². The first-order valence-corrected chi connectivity index (χ1v) is 5.46. The molecule has 0 saturated carbocycles. The van der Waals surface area contributed by atoms with Crippen LogP contribution >= 0.6 is 0 Å². The van der Waals surface area contributed by atoms with E-state index < -0.39 is 0 Å². The van der Waals surface area contributed by atoms with Crippen LogP contribution in [0.3, 0.4) is 0 Å². The van der Waals surface area contributed by atoms with Crippen molar-refractivity contribution in [2.45, 2.75) is 59.7 Å². The van der Waals surface area contributed by atoms with Crippen molar-refractivity contribution in [3.05, 3.63) is 25.5 Å². The first-order chi connectivity index (χ1) is 6.10. The predicted octanol–water partition coefficient (Wildman–Crippen LogP) is 4.82. The van der Waals surface area contributed by atoms with Gasteiger partial charge in [0.1, 0.15) is 0 Å². The van der Waals surface area contributed by atoms with Crippen LogP contribution in [0.15, 0.2) is 0 Å². The smallest absolute Gasteiger partial charge is 0 e. The Labute approximate surface area is 130 Å². The van der Waals surface area contributed by atoms with Crippen LogP contribution in [0.2, 0.25) is 0 Å². The van der Waals surface area contributed by atoms with E-state index in [4.69, 9.17) is 0 Å². The maximum atomic E-state index is 4.62. The van der Waals surface area contributed by atoms with Crippen molar-refractivity contribution < 1.29 is 32.7 Å². The summed E-state index contributed by atoms with van der Waals surface area (Å²) < 4.78 is 0. The summed E-state index contributed by atoms with van der Waals surface area (Å²) in [5, 5.41) is 9.18. The second-order valence-electron chi connectivity index (χ2n) is 4.05. The Morgan fingerprint density at radius 3 is 1.75 bits per heavy atom. The van der Waals surface area contributed by atoms with Crippen LogP contribution < -0.4 is 0 Å². The molecule has 1 radical (unpaired) electrons. The third-order valence-electron chi connectivity index (χ3n) is 2.06. The normalized spacial score (nSPS) is 13.1. The molecule has 0 aliphatic rings. The number of hydrogen-bond acceptors (Lipinski definition) is 0. The Hall–Kier alpha value is 1.02. The molecule has 0 saturated heterocycles.